The summed E-state index contributed by atoms with van der Waals surface area (Å²) in [5.74, 6) is -3.79. The number of likely N-dealkylation sites (tertiary alicyclic amines) is 1. The van der Waals surface area contributed by atoms with E-state index in [2.05, 4.69) is 15.3 Å². The van der Waals surface area contributed by atoms with Gasteiger partial charge in [-0.15, -0.1) is 0 Å². The predicted molar refractivity (Wildman–Crippen MR) is 77.0 cm³/mol. The molecule has 7 nitrogen and oxygen atoms in total. The molecular formula is C14H18F2N4O3. The van der Waals surface area contributed by atoms with Crippen molar-refractivity contribution in [3.05, 3.63) is 18.6 Å². The Hall–Kier alpha value is -2.32. The van der Waals surface area contributed by atoms with E-state index in [0.717, 1.165) is 4.90 Å². The maximum absolute atomic E-state index is 13.7. The van der Waals surface area contributed by atoms with Gasteiger partial charge < -0.3 is 10.1 Å². The topological polar surface area (TPSA) is 84.4 Å². The van der Waals surface area contributed by atoms with Gasteiger partial charge in [-0.3, -0.25) is 14.7 Å². The molecule has 1 N–H and O–H groups in total. The molecule has 1 atom stereocenters. The Kier molecular flexibility index (Phi) is 4.49. The number of nitrogens with zero attached hydrogens (tertiary/aromatic N) is 3. The highest BCUT2D eigenvalue weighted by molar-refractivity contribution is 5.96. The van der Waals surface area contributed by atoms with Crippen LogP contribution in [0.1, 0.15) is 27.2 Å². The molecule has 126 valence electrons. The van der Waals surface area contributed by atoms with Gasteiger partial charge in [0.25, 0.3) is 5.92 Å². The molecule has 0 unspecified atom stereocenters. The third kappa shape index (κ3) is 4.57. The van der Waals surface area contributed by atoms with E-state index in [1.807, 2.05) is 0 Å². The van der Waals surface area contributed by atoms with Crippen LogP contribution >= 0.6 is 0 Å². The maximum Gasteiger partial charge on any atom is 0.411 e. The van der Waals surface area contributed by atoms with Crippen LogP contribution in [0.4, 0.5) is 19.4 Å². The summed E-state index contributed by atoms with van der Waals surface area (Å²) >= 11 is 0. The molecule has 1 saturated heterocycles. The third-order valence-electron chi connectivity index (χ3n) is 3.01. The van der Waals surface area contributed by atoms with Gasteiger partial charge in [0.15, 0.2) is 5.82 Å². The molecule has 1 fully saturated rings. The van der Waals surface area contributed by atoms with Gasteiger partial charge in [-0.05, 0) is 20.8 Å². The average Bonchev–Trinajstić information content (AvgIpc) is 2.74. The number of halogens is 2. The van der Waals surface area contributed by atoms with E-state index < -0.39 is 42.5 Å². The smallest absolute Gasteiger partial charge is 0.411 e. The highest BCUT2D eigenvalue weighted by Crippen LogP contribution is 2.33. The lowest BCUT2D eigenvalue weighted by molar-refractivity contribution is -0.120. The lowest BCUT2D eigenvalue weighted by Gasteiger charge is -2.27. The molecule has 0 saturated carbocycles. The molecule has 1 aromatic rings. The summed E-state index contributed by atoms with van der Waals surface area (Å²) in [7, 11) is 0. The molecule has 1 aromatic heterocycles. The summed E-state index contributed by atoms with van der Waals surface area (Å²) in [6, 6.07) is -1.33. The Morgan fingerprint density at radius 2 is 2.09 bits per heavy atom. The third-order valence-corrected chi connectivity index (χ3v) is 3.01. The molecule has 23 heavy (non-hydrogen) atoms. The molecule has 2 rings (SSSR count). The molecule has 1 aliphatic rings. The van der Waals surface area contributed by atoms with Crippen LogP contribution in [0.2, 0.25) is 0 Å². The highest BCUT2D eigenvalue weighted by Gasteiger charge is 2.51. The van der Waals surface area contributed by atoms with Crippen LogP contribution in [0, 0.1) is 0 Å². The molecule has 0 radical (unpaired) electrons. The monoisotopic (exact) mass is 328 g/mol. The SMILES string of the molecule is CC(C)(C)OC(=O)N1CC(F)(F)C[C@H]1C(=O)Nc1cnccn1. The van der Waals surface area contributed by atoms with Crippen molar-refractivity contribution in [2.45, 2.75) is 44.8 Å². The highest BCUT2D eigenvalue weighted by atomic mass is 19.3. The van der Waals surface area contributed by atoms with Gasteiger partial charge in [0.2, 0.25) is 5.91 Å². The largest absolute Gasteiger partial charge is 0.444 e. The van der Waals surface area contributed by atoms with Crippen molar-refractivity contribution in [3.8, 4) is 0 Å². The van der Waals surface area contributed by atoms with Crippen molar-refractivity contribution in [3.63, 3.8) is 0 Å². The van der Waals surface area contributed by atoms with E-state index in [4.69, 9.17) is 4.74 Å². The summed E-state index contributed by atoms with van der Waals surface area (Å²) in [4.78, 5) is 32.7. The molecule has 2 heterocycles. The number of anilines is 1. The van der Waals surface area contributed by atoms with Crippen LogP contribution in [0.25, 0.3) is 0 Å². The number of hydrogen-bond donors (Lipinski definition) is 1. The number of rotatable bonds is 2. The maximum atomic E-state index is 13.7. The number of amides is 2. The molecule has 2 amide bonds. The molecule has 0 bridgehead atoms. The Balaban J connectivity index is 2.13. The van der Waals surface area contributed by atoms with Gasteiger partial charge >= 0.3 is 6.09 Å². The average molecular weight is 328 g/mol. The second-order valence-electron chi connectivity index (χ2n) is 6.26. The minimum absolute atomic E-state index is 0.122. The van der Waals surface area contributed by atoms with E-state index in [0.29, 0.717) is 0 Å². The summed E-state index contributed by atoms with van der Waals surface area (Å²) in [6.45, 7) is 4.00. The minimum Gasteiger partial charge on any atom is -0.444 e. The normalized spacial score (nSPS) is 20.2. The summed E-state index contributed by atoms with van der Waals surface area (Å²) in [5, 5.41) is 2.37. The molecule has 0 aromatic carbocycles. The van der Waals surface area contributed by atoms with E-state index in [1.54, 1.807) is 20.8 Å². The number of ether oxygens (including phenoxy) is 1. The second-order valence-corrected chi connectivity index (χ2v) is 6.26. The lowest BCUT2D eigenvalue weighted by atomic mass is 10.2. The number of hydrogen-bond acceptors (Lipinski definition) is 5. The zero-order chi connectivity index (χ0) is 17.3. The molecule has 0 spiro atoms. The fourth-order valence-electron chi connectivity index (χ4n) is 2.14. The summed E-state index contributed by atoms with van der Waals surface area (Å²) in [5.41, 5.74) is -0.846. The first-order valence-corrected chi connectivity index (χ1v) is 7.02. The summed E-state index contributed by atoms with van der Waals surface area (Å²) < 4.78 is 32.5. The van der Waals surface area contributed by atoms with Crippen LogP contribution in [-0.2, 0) is 9.53 Å². The number of carbonyl (C=O) groups is 2. The first-order valence-electron chi connectivity index (χ1n) is 7.02. The number of nitrogens with one attached hydrogen (secondary N) is 1. The van der Waals surface area contributed by atoms with Crippen molar-refractivity contribution in [2.75, 3.05) is 11.9 Å². The van der Waals surface area contributed by atoms with Gasteiger partial charge in [-0.2, -0.15) is 0 Å². The van der Waals surface area contributed by atoms with Crippen LogP contribution in [0.3, 0.4) is 0 Å². The number of aromatic nitrogens is 2. The minimum atomic E-state index is -3.15. The van der Waals surface area contributed by atoms with E-state index in [-0.39, 0.29) is 5.82 Å². The summed E-state index contributed by atoms with van der Waals surface area (Å²) in [6.07, 6.45) is 2.33. The Morgan fingerprint density at radius 3 is 2.65 bits per heavy atom. The fourth-order valence-corrected chi connectivity index (χ4v) is 2.14. The zero-order valence-corrected chi connectivity index (χ0v) is 13.0. The van der Waals surface area contributed by atoms with Crippen molar-refractivity contribution >= 4 is 17.8 Å². The van der Waals surface area contributed by atoms with E-state index >= 15 is 0 Å². The molecular weight excluding hydrogens is 310 g/mol. The first kappa shape index (κ1) is 17.0. The predicted octanol–water partition coefficient (Wildman–Crippen LogP) is 2.06. The van der Waals surface area contributed by atoms with Crippen molar-refractivity contribution < 1.29 is 23.1 Å². The molecule has 0 aliphatic carbocycles. The van der Waals surface area contributed by atoms with Crippen molar-refractivity contribution in [1.82, 2.24) is 14.9 Å². The van der Waals surface area contributed by atoms with Crippen LogP contribution in [0.5, 0.6) is 0 Å². The van der Waals surface area contributed by atoms with Crippen LogP contribution in [-0.4, -0.2) is 51.0 Å². The van der Waals surface area contributed by atoms with Crippen molar-refractivity contribution in [1.29, 1.82) is 0 Å². The Bertz CT molecular complexity index is 589. The van der Waals surface area contributed by atoms with Gasteiger partial charge in [-0.1, -0.05) is 0 Å². The van der Waals surface area contributed by atoms with E-state index in [9.17, 15) is 18.4 Å². The fraction of sp³-hybridized carbons (Fsp3) is 0.571. The second kappa shape index (κ2) is 6.05. The Labute approximate surface area is 132 Å². The van der Waals surface area contributed by atoms with Crippen LogP contribution in [0.15, 0.2) is 18.6 Å². The quantitative estimate of drug-likeness (QED) is 0.898. The van der Waals surface area contributed by atoms with Gasteiger partial charge in [-0.25, -0.2) is 18.6 Å². The van der Waals surface area contributed by atoms with E-state index in [1.165, 1.54) is 18.6 Å². The lowest BCUT2D eigenvalue weighted by Crippen LogP contribution is -2.45. The molecule has 1 aliphatic heterocycles. The zero-order valence-electron chi connectivity index (χ0n) is 13.0. The van der Waals surface area contributed by atoms with Crippen molar-refractivity contribution in [2.24, 2.45) is 0 Å². The van der Waals surface area contributed by atoms with Gasteiger partial charge in [0, 0.05) is 18.8 Å². The first-order chi connectivity index (χ1) is 10.6. The van der Waals surface area contributed by atoms with Crippen LogP contribution < -0.4 is 5.32 Å². The number of alkyl halides is 2. The van der Waals surface area contributed by atoms with Gasteiger partial charge in [0.05, 0.1) is 12.7 Å². The number of carbonyl (C=O) groups excluding carboxylic acids is 2. The van der Waals surface area contributed by atoms with Gasteiger partial charge in [0.1, 0.15) is 11.6 Å². The standard InChI is InChI=1S/C14H18F2N4O3/c1-13(2,3)23-12(22)20-8-14(15,16)6-9(20)11(21)19-10-7-17-4-5-18-10/h4-5,7,9H,6,8H2,1-3H3,(H,18,19,21)/t9-/m0/s1. The Morgan fingerprint density at radius 1 is 1.39 bits per heavy atom. The molecule has 9 heteroatoms.